The van der Waals surface area contributed by atoms with Crippen molar-refractivity contribution in [3.05, 3.63) is 46.4 Å². The van der Waals surface area contributed by atoms with Crippen LogP contribution >= 0.6 is 11.8 Å². The van der Waals surface area contributed by atoms with Crippen molar-refractivity contribution in [1.82, 2.24) is 10.7 Å². The molecule has 0 spiro atoms. The first-order valence-corrected chi connectivity index (χ1v) is 7.05. The van der Waals surface area contributed by atoms with Crippen LogP contribution in [-0.2, 0) is 14.3 Å². The van der Waals surface area contributed by atoms with Crippen LogP contribution in [0.5, 0.6) is 0 Å². The minimum absolute atomic E-state index is 0.148. The monoisotopic (exact) mass is 319 g/mol. The van der Waals surface area contributed by atoms with E-state index >= 15 is 0 Å². The van der Waals surface area contributed by atoms with Gasteiger partial charge in [-0.2, -0.15) is 0 Å². The molecule has 1 saturated heterocycles. The number of amides is 2. The number of benzene rings is 1. The highest BCUT2D eigenvalue weighted by atomic mass is 32.2. The molecule has 0 radical (unpaired) electrons. The molecule has 1 aliphatic heterocycles. The number of carbonyl (C=O) groups excluding carboxylic acids is 3. The normalized spacial score (nSPS) is 17.5. The third kappa shape index (κ3) is 3.95. The first-order chi connectivity index (χ1) is 10.5. The second kappa shape index (κ2) is 6.90. The summed E-state index contributed by atoms with van der Waals surface area (Å²) in [7, 11) is 1.22. The molecule has 1 aliphatic rings. The van der Waals surface area contributed by atoms with Gasteiger partial charge in [0.25, 0.3) is 11.8 Å². The van der Waals surface area contributed by atoms with Gasteiger partial charge in [0, 0.05) is 11.6 Å². The lowest BCUT2D eigenvalue weighted by molar-refractivity contribution is -0.135. The van der Waals surface area contributed by atoms with Crippen molar-refractivity contribution in [3.8, 4) is 0 Å². The number of hydrazone groups is 1. The van der Waals surface area contributed by atoms with Gasteiger partial charge in [0.1, 0.15) is 0 Å². The van der Waals surface area contributed by atoms with E-state index in [4.69, 9.17) is 0 Å². The maximum Gasteiger partial charge on any atom is 0.331 e. The zero-order chi connectivity index (χ0) is 16.1. The molecule has 2 rings (SSSR count). The van der Waals surface area contributed by atoms with Crippen LogP contribution in [0.1, 0.15) is 15.9 Å². The average Bonchev–Trinajstić information content (AvgIpc) is 2.85. The standard InChI is InChI=1S/C14H13N3O4S/c1-8-3-5-9(6-4-8)12(19)16-17-14-15-13(20)10(22-14)7-11(18)21-2/h3-7H,1-2H3,(H,16,19)(H,15,17,20)/b10-7-. The third-order valence-electron chi connectivity index (χ3n) is 2.67. The van der Waals surface area contributed by atoms with Crippen LogP contribution in [0.25, 0.3) is 0 Å². The highest BCUT2D eigenvalue weighted by Gasteiger charge is 2.25. The number of nitrogens with one attached hydrogen (secondary N) is 2. The Kier molecular flexibility index (Phi) is 4.95. The maximum atomic E-state index is 11.9. The molecule has 2 N–H and O–H groups in total. The Morgan fingerprint density at radius 1 is 1.32 bits per heavy atom. The highest BCUT2D eigenvalue weighted by molar-refractivity contribution is 8.18. The molecule has 1 fully saturated rings. The van der Waals surface area contributed by atoms with Gasteiger partial charge in [0.2, 0.25) is 0 Å². The minimum atomic E-state index is -0.636. The SMILES string of the molecule is COC(=O)/C=C1\SC(=NNC(=O)c2ccc(C)cc2)NC1=O. The summed E-state index contributed by atoms with van der Waals surface area (Å²) in [4.78, 5) is 34.7. The summed E-state index contributed by atoms with van der Waals surface area (Å²) in [5.41, 5.74) is 3.83. The first-order valence-electron chi connectivity index (χ1n) is 6.23. The number of nitrogens with zero attached hydrogens (tertiary/aromatic N) is 1. The zero-order valence-electron chi connectivity index (χ0n) is 11.9. The van der Waals surface area contributed by atoms with Crippen LogP contribution in [0.15, 0.2) is 40.3 Å². The Morgan fingerprint density at radius 3 is 2.64 bits per heavy atom. The van der Waals surface area contributed by atoms with Crippen molar-refractivity contribution in [2.75, 3.05) is 7.11 Å². The lowest BCUT2D eigenvalue weighted by Crippen LogP contribution is -2.25. The van der Waals surface area contributed by atoms with Crippen molar-refractivity contribution < 1.29 is 19.1 Å². The van der Waals surface area contributed by atoms with Crippen molar-refractivity contribution in [2.24, 2.45) is 5.10 Å². The summed E-state index contributed by atoms with van der Waals surface area (Å²) in [6, 6.07) is 6.97. The summed E-state index contributed by atoms with van der Waals surface area (Å²) < 4.78 is 4.44. The zero-order valence-corrected chi connectivity index (χ0v) is 12.7. The van der Waals surface area contributed by atoms with Gasteiger partial charge in [-0.3, -0.25) is 14.9 Å². The van der Waals surface area contributed by atoms with Gasteiger partial charge in [-0.15, -0.1) is 5.10 Å². The molecular formula is C14H13N3O4S. The molecule has 0 bridgehead atoms. The van der Waals surface area contributed by atoms with Gasteiger partial charge in [-0.05, 0) is 30.8 Å². The number of aryl methyl sites for hydroxylation is 1. The molecule has 1 aromatic rings. The van der Waals surface area contributed by atoms with E-state index < -0.39 is 17.8 Å². The molecule has 0 aromatic heterocycles. The van der Waals surface area contributed by atoms with Crippen molar-refractivity contribution in [2.45, 2.75) is 6.92 Å². The van der Waals surface area contributed by atoms with Crippen LogP contribution in [0.2, 0.25) is 0 Å². The number of ether oxygens (including phenoxy) is 1. The third-order valence-corrected chi connectivity index (χ3v) is 3.58. The molecule has 0 aliphatic carbocycles. The van der Waals surface area contributed by atoms with Gasteiger partial charge in [-0.25, -0.2) is 10.2 Å². The fourth-order valence-electron chi connectivity index (χ4n) is 1.52. The van der Waals surface area contributed by atoms with Crippen LogP contribution in [0.4, 0.5) is 0 Å². The van der Waals surface area contributed by atoms with E-state index in [-0.39, 0.29) is 10.1 Å². The molecule has 0 unspecified atom stereocenters. The lowest BCUT2D eigenvalue weighted by Gasteiger charge is -2.01. The second-order valence-electron chi connectivity index (χ2n) is 4.31. The number of thioether (sulfide) groups is 1. The molecule has 8 heteroatoms. The molecule has 7 nitrogen and oxygen atoms in total. The molecule has 114 valence electrons. The number of hydrogen-bond acceptors (Lipinski definition) is 6. The van der Waals surface area contributed by atoms with E-state index in [2.05, 4.69) is 20.6 Å². The van der Waals surface area contributed by atoms with E-state index in [9.17, 15) is 14.4 Å². The molecule has 0 atom stereocenters. The minimum Gasteiger partial charge on any atom is -0.466 e. The van der Waals surface area contributed by atoms with E-state index in [0.29, 0.717) is 5.56 Å². The summed E-state index contributed by atoms with van der Waals surface area (Å²) in [5, 5.41) is 6.42. The Balaban J connectivity index is 2.01. The average molecular weight is 319 g/mol. The largest absolute Gasteiger partial charge is 0.466 e. The predicted octanol–water partition coefficient (Wildman–Crippen LogP) is 0.916. The van der Waals surface area contributed by atoms with Gasteiger partial charge in [0.15, 0.2) is 5.17 Å². The molecule has 1 aromatic carbocycles. The van der Waals surface area contributed by atoms with Crippen LogP contribution in [0.3, 0.4) is 0 Å². The van der Waals surface area contributed by atoms with Gasteiger partial charge in [-0.1, -0.05) is 17.7 Å². The first kappa shape index (κ1) is 15.8. The molecule has 22 heavy (non-hydrogen) atoms. The number of rotatable bonds is 3. The molecule has 2 amide bonds. The predicted molar refractivity (Wildman–Crippen MR) is 81.9 cm³/mol. The molecular weight excluding hydrogens is 306 g/mol. The Morgan fingerprint density at radius 2 is 2.00 bits per heavy atom. The number of hydrogen-bond donors (Lipinski definition) is 2. The van der Waals surface area contributed by atoms with E-state index in [0.717, 1.165) is 23.4 Å². The fraction of sp³-hybridized carbons (Fsp3) is 0.143. The summed E-state index contributed by atoms with van der Waals surface area (Å²) in [6.45, 7) is 1.92. The van der Waals surface area contributed by atoms with Gasteiger partial charge in [0.05, 0.1) is 12.0 Å². The van der Waals surface area contributed by atoms with E-state index in [1.54, 1.807) is 12.1 Å². The fourth-order valence-corrected chi connectivity index (χ4v) is 2.26. The number of amidine groups is 1. The lowest BCUT2D eigenvalue weighted by atomic mass is 10.1. The van der Waals surface area contributed by atoms with Crippen LogP contribution in [-0.4, -0.2) is 30.1 Å². The number of methoxy groups -OCH3 is 1. The van der Waals surface area contributed by atoms with Crippen LogP contribution in [0, 0.1) is 6.92 Å². The molecule has 0 saturated carbocycles. The van der Waals surface area contributed by atoms with Crippen LogP contribution < -0.4 is 10.7 Å². The maximum absolute atomic E-state index is 11.9. The van der Waals surface area contributed by atoms with Crippen molar-refractivity contribution >= 4 is 34.7 Å². The van der Waals surface area contributed by atoms with Gasteiger partial charge >= 0.3 is 5.97 Å². The van der Waals surface area contributed by atoms with Crippen molar-refractivity contribution in [3.63, 3.8) is 0 Å². The summed E-state index contributed by atoms with van der Waals surface area (Å²) in [6.07, 6.45) is 1.06. The number of esters is 1. The Hall–Kier alpha value is -2.61. The van der Waals surface area contributed by atoms with Crippen molar-refractivity contribution in [1.29, 1.82) is 0 Å². The van der Waals surface area contributed by atoms with E-state index in [1.165, 1.54) is 7.11 Å². The summed E-state index contributed by atoms with van der Waals surface area (Å²) in [5.74, 6) is -1.51. The Labute approximate surface area is 130 Å². The van der Waals surface area contributed by atoms with E-state index in [1.807, 2.05) is 19.1 Å². The number of carbonyl (C=O) groups is 3. The smallest absolute Gasteiger partial charge is 0.331 e. The quantitative estimate of drug-likeness (QED) is 0.490. The highest BCUT2D eigenvalue weighted by Crippen LogP contribution is 2.23. The summed E-state index contributed by atoms with van der Waals surface area (Å²) >= 11 is 0.937. The molecule has 1 heterocycles. The topological polar surface area (TPSA) is 96.9 Å². The van der Waals surface area contributed by atoms with Gasteiger partial charge < -0.3 is 4.74 Å². The Bertz CT molecular complexity index is 680. The second-order valence-corrected chi connectivity index (χ2v) is 5.34.